The fraction of sp³-hybridized carbons (Fsp3) is 0.800. The second-order valence-electron chi connectivity index (χ2n) is 3.66. The molecule has 82 valence electrons. The van der Waals surface area contributed by atoms with Gasteiger partial charge in [0.1, 0.15) is 0 Å². The van der Waals surface area contributed by atoms with Crippen LogP contribution in [0.25, 0.3) is 0 Å². The van der Waals surface area contributed by atoms with E-state index >= 15 is 0 Å². The van der Waals surface area contributed by atoms with Crippen LogP contribution in [0.15, 0.2) is 12.7 Å². The van der Waals surface area contributed by atoms with Crippen LogP contribution in [0.1, 0.15) is 0 Å². The molecule has 1 fully saturated rings. The molecule has 1 saturated heterocycles. The molecule has 0 aromatic heterocycles. The Bertz CT molecular complexity index is 171. The molecule has 0 amide bonds. The quantitative estimate of drug-likeness (QED) is 0.338. The van der Waals surface area contributed by atoms with E-state index in [2.05, 4.69) is 11.5 Å². The molecule has 4 heteroatoms. The zero-order chi connectivity index (χ0) is 10.4. The summed E-state index contributed by atoms with van der Waals surface area (Å²) < 4.78 is 10.2. The van der Waals surface area contributed by atoms with Crippen LogP contribution in [0.4, 0.5) is 0 Å². The largest absolute Gasteiger partial charge is 0.389 e. The standard InChI is InChI=1S/C10H19NO3/c1-3-4-13-7-9(12)5-11(2)6-10-8-14-10/h3,9-10,12H,1,4-8H2,2H3. The number of nitrogens with zero attached hydrogens (tertiary/aromatic N) is 1. The summed E-state index contributed by atoms with van der Waals surface area (Å²) in [6, 6.07) is 0. The van der Waals surface area contributed by atoms with Crippen LogP contribution in [-0.2, 0) is 9.47 Å². The maximum Gasteiger partial charge on any atom is 0.0936 e. The molecule has 1 aliphatic heterocycles. The summed E-state index contributed by atoms with van der Waals surface area (Å²) in [5, 5.41) is 9.54. The Morgan fingerprint density at radius 2 is 2.50 bits per heavy atom. The van der Waals surface area contributed by atoms with Crippen LogP contribution in [0.5, 0.6) is 0 Å². The summed E-state index contributed by atoms with van der Waals surface area (Å²) in [6.45, 7) is 6.75. The summed E-state index contributed by atoms with van der Waals surface area (Å²) in [6.07, 6.45) is 1.62. The van der Waals surface area contributed by atoms with Gasteiger partial charge < -0.3 is 19.5 Å². The minimum atomic E-state index is -0.432. The van der Waals surface area contributed by atoms with Crippen molar-refractivity contribution in [3.8, 4) is 0 Å². The van der Waals surface area contributed by atoms with Crippen molar-refractivity contribution in [2.45, 2.75) is 12.2 Å². The van der Waals surface area contributed by atoms with Gasteiger partial charge >= 0.3 is 0 Å². The molecule has 1 heterocycles. The smallest absolute Gasteiger partial charge is 0.0936 e. The number of aliphatic hydroxyl groups is 1. The van der Waals surface area contributed by atoms with E-state index in [4.69, 9.17) is 9.47 Å². The van der Waals surface area contributed by atoms with E-state index in [1.165, 1.54) is 0 Å². The van der Waals surface area contributed by atoms with Gasteiger partial charge in [-0.3, -0.25) is 0 Å². The van der Waals surface area contributed by atoms with Crippen molar-refractivity contribution in [1.29, 1.82) is 0 Å². The van der Waals surface area contributed by atoms with Crippen LogP contribution in [-0.4, -0.2) is 62.2 Å². The van der Waals surface area contributed by atoms with E-state index in [9.17, 15) is 5.11 Å². The first kappa shape index (κ1) is 11.7. The predicted octanol–water partition coefficient (Wildman–Crippen LogP) is -0.119. The molecule has 0 saturated carbocycles. The zero-order valence-electron chi connectivity index (χ0n) is 8.69. The first-order chi connectivity index (χ1) is 6.72. The Hall–Kier alpha value is -0.420. The van der Waals surface area contributed by atoms with E-state index in [1.54, 1.807) is 6.08 Å². The van der Waals surface area contributed by atoms with Crippen molar-refractivity contribution in [1.82, 2.24) is 4.90 Å². The first-order valence-corrected chi connectivity index (χ1v) is 4.89. The third-order valence-corrected chi connectivity index (χ3v) is 1.99. The van der Waals surface area contributed by atoms with E-state index < -0.39 is 6.10 Å². The highest BCUT2D eigenvalue weighted by Gasteiger charge is 2.24. The number of epoxide rings is 1. The van der Waals surface area contributed by atoms with E-state index in [0.29, 0.717) is 25.9 Å². The molecule has 2 unspecified atom stereocenters. The van der Waals surface area contributed by atoms with Crippen molar-refractivity contribution in [3.63, 3.8) is 0 Å². The Morgan fingerprint density at radius 3 is 3.07 bits per heavy atom. The van der Waals surface area contributed by atoms with Gasteiger partial charge in [-0.25, -0.2) is 0 Å². The van der Waals surface area contributed by atoms with Gasteiger partial charge in [-0.1, -0.05) is 6.08 Å². The lowest BCUT2D eigenvalue weighted by Crippen LogP contribution is -2.34. The fourth-order valence-corrected chi connectivity index (χ4v) is 1.30. The highest BCUT2D eigenvalue weighted by atomic mass is 16.6. The van der Waals surface area contributed by atoms with E-state index in [1.807, 2.05) is 7.05 Å². The topological polar surface area (TPSA) is 45.2 Å². The molecule has 14 heavy (non-hydrogen) atoms. The van der Waals surface area contributed by atoms with Gasteiger partial charge in [0, 0.05) is 13.1 Å². The van der Waals surface area contributed by atoms with Crippen molar-refractivity contribution < 1.29 is 14.6 Å². The number of rotatable bonds is 8. The number of hydrogen-bond acceptors (Lipinski definition) is 4. The minimum absolute atomic E-state index is 0.363. The lowest BCUT2D eigenvalue weighted by molar-refractivity contribution is 0.0301. The van der Waals surface area contributed by atoms with Gasteiger partial charge in [0.2, 0.25) is 0 Å². The van der Waals surface area contributed by atoms with Gasteiger partial charge in [0.05, 0.1) is 32.0 Å². The Balaban J connectivity index is 1.99. The summed E-state index contributed by atoms with van der Waals surface area (Å²) in [5.74, 6) is 0. The average molecular weight is 201 g/mol. The van der Waals surface area contributed by atoms with E-state index in [-0.39, 0.29) is 0 Å². The highest BCUT2D eigenvalue weighted by molar-refractivity contribution is 4.74. The SMILES string of the molecule is C=CCOCC(O)CN(C)CC1CO1. The molecule has 1 aliphatic rings. The van der Waals surface area contributed by atoms with Crippen LogP contribution in [0.2, 0.25) is 0 Å². The number of ether oxygens (including phenoxy) is 2. The highest BCUT2D eigenvalue weighted by Crippen LogP contribution is 2.09. The van der Waals surface area contributed by atoms with Crippen LogP contribution in [0.3, 0.4) is 0 Å². The fourth-order valence-electron chi connectivity index (χ4n) is 1.30. The van der Waals surface area contributed by atoms with Gasteiger partial charge in [-0.05, 0) is 7.05 Å². The monoisotopic (exact) mass is 201 g/mol. The normalized spacial score (nSPS) is 22.4. The summed E-state index contributed by atoms with van der Waals surface area (Å²) >= 11 is 0. The van der Waals surface area contributed by atoms with E-state index in [0.717, 1.165) is 13.2 Å². The molecule has 2 atom stereocenters. The molecule has 0 aromatic carbocycles. The second-order valence-corrected chi connectivity index (χ2v) is 3.66. The summed E-state index contributed by atoms with van der Waals surface area (Å²) in [4.78, 5) is 2.06. The first-order valence-electron chi connectivity index (χ1n) is 4.89. The van der Waals surface area contributed by atoms with Gasteiger partial charge in [0.25, 0.3) is 0 Å². The molecule has 4 nitrogen and oxygen atoms in total. The van der Waals surface area contributed by atoms with Gasteiger partial charge in [0.15, 0.2) is 0 Å². The van der Waals surface area contributed by atoms with Crippen LogP contribution >= 0.6 is 0 Å². The lowest BCUT2D eigenvalue weighted by atomic mass is 10.3. The predicted molar refractivity (Wildman–Crippen MR) is 54.3 cm³/mol. The van der Waals surface area contributed by atoms with Crippen LogP contribution < -0.4 is 0 Å². The Labute approximate surface area is 85.1 Å². The molecular weight excluding hydrogens is 182 g/mol. The molecule has 0 bridgehead atoms. The summed E-state index contributed by atoms with van der Waals surface area (Å²) in [7, 11) is 1.97. The Morgan fingerprint density at radius 1 is 1.79 bits per heavy atom. The molecule has 0 radical (unpaired) electrons. The van der Waals surface area contributed by atoms with Gasteiger partial charge in [-0.2, -0.15) is 0 Å². The molecule has 0 spiro atoms. The van der Waals surface area contributed by atoms with Crippen LogP contribution in [0, 0.1) is 0 Å². The molecule has 0 aromatic rings. The van der Waals surface area contributed by atoms with Gasteiger partial charge in [-0.15, -0.1) is 6.58 Å². The number of likely N-dealkylation sites (N-methyl/N-ethyl adjacent to an activating group) is 1. The van der Waals surface area contributed by atoms with Crippen molar-refractivity contribution in [2.75, 3.05) is 40.0 Å². The third-order valence-electron chi connectivity index (χ3n) is 1.99. The Kier molecular flexibility index (Phi) is 5.11. The lowest BCUT2D eigenvalue weighted by Gasteiger charge is -2.19. The second kappa shape index (κ2) is 6.14. The molecule has 1 N–H and O–H groups in total. The van der Waals surface area contributed by atoms with Crippen molar-refractivity contribution in [3.05, 3.63) is 12.7 Å². The maximum atomic E-state index is 9.54. The third kappa shape index (κ3) is 5.34. The average Bonchev–Trinajstić information content (AvgIpc) is 2.88. The maximum absolute atomic E-state index is 9.54. The minimum Gasteiger partial charge on any atom is -0.389 e. The summed E-state index contributed by atoms with van der Waals surface area (Å²) in [5.41, 5.74) is 0. The number of aliphatic hydroxyl groups excluding tert-OH is 1. The molecule has 0 aliphatic carbocycles. The molecular formula is C10H19NO3. The zero-order valence-corrected chi connectivity index (χ0v) is 8.69. The van der Waals surface area contributed by atoms with Crippen molar-refractivity contribution >= 4 is 0 Å². The van der Waals surface area contributed by atoms with Crippen molar-refractivity contribution in [2.24, 2.45) is 0 Å². The molecule has 1 rings (SSSR count). The number of hydrogen-bond donors (Lipinski definition) is 1.